The first-order valence-electron chi connectivity index (χ1n) is 8.98. The van der Waals surface area contributed by atoms with Crippen LogP contribution in [-0.2, 0) is 0 Å². The molecule has 0 radical (unpaired) electrons. The van der Waals surface area contributed by atoms with Crippen LogP contribution in [0.2, 0.25) is 0 Å². The van der Waals surface area contributed by atoms with Crippen molar-refractivity contribution < 1.29 is 0 Å². The molecule has 3 atom stereocenters. The van der Waals surface area contributed by atoms with Crippen molar-refractivity contribution in [3.8, 4) is 0 Å². The van der Waals surface area contributed by atoms with E-state index in [0.29, 0.717) is 6.04 Å². The summed E-state index contributed by atoms with van der Waals surface area (Å²) in [5, 5.41) is 3.89. The molecule has 1 nitrogen and oxygen atoms in total. The largest absolute Gasteiger partial charge is 0.310 e. The Bertz CT molecular complexity index is 437. The number of hydrogen-bond acceptors (Lipinski definition) is 1. The van der Waals surface area contributed by atoms with Crippen molar-refractivity contribution in [3.63, 3.8) is 0 Å². The lowest BCUT2D eigenvalue weighted by molar-refractivity contribution is 0.175. The molecule has 0 amide bonds. The Kier molecular flexibility index (Phi) is 6.29. The third-order valence-electron chi connectivity index (χ3n) is 5.52. The molecule has 1 aliphatic rings. The van der Waals surface area contributed by atoms with E-state index in [9.17, 15) is 0 Å². The molecule has 0 heterocycles. The van der Waals surface area contributed by atoms with E-state index in [1.165, 1.54) is 49.7 Å². The van der Waals surface area contributed by atoms with E-state index >= 15 is 0 Å². The second-order valence-electron chi connectivity index (χ2n) is 6.84. The second-order valence-corrected chi connectivity index (χ2v) is 6.84. The predicted octanol–water partition coefficient (Wildman–Crippen LogP) is 5.56. The minimum atomic E-state index is 0.551. The average molecular weight is 287 g/mol. The highest BCUT2D eigenvalue weighted by Gasteiger charge is 2.32. The molecular formula is C20H33N. The Balaban J connectivity index is 2.30. The molecule has 1 heteroatoms. The van der Waals surface area contributed by atoms with Gasteiger partial charge in [0.15, 0.2) is 0 Å². The molecule has 0 bridgehead atoms. The van der Waals surface area contributed by atoms with Crippen molar-refractivity contribution in [3.05, 3.63) is 34.9 Å². The van der Waals surface area contributed by atoms with E-state index in [4.69, 9.17) is 0 Å². The maximum absolute atomic E-state index is 3.89. The van der Waals surface area contributed by atoms with Gasteiger partial charge in [-0.2, -0.15) is 0 Å². The van der Waals surface area contributed by atoms with Crippen LogP contribution in [0.1, 0.15) is 75.1 Å². The van der Waals surface area contributed by atoms with Gasteiger partial charge in [0.2, 0.25) is 0 Å². The predicted molar refractivity (Wildman–Crippen MR) is 92.7 cm³/mol. The number of rotatable bonds is 6. The molecule has 0 spiro atoms. The van der Waals surface area contributed by atoms with E-state index in [-0.39, 0.29) is 0 Å². The van der Waals surface area contributed by atoms with Gasteiger partial charge in [0.25, 0.3) is 0 Å². The summed E-state index contributed by atoms with van der Waals surface area (Å²) in [5.41, 5.74) is 4.47. The summed E-state index contributed by atoms with van der Waals surface area (Å²) in [5.74, 6) is 1.71. The summed E-state index contributed by atoms with van der Waals surface area (Å²) < 4.78 is 0. The van der Waals surface area contributed by atoms with Gasteiger partial charge in [-0.25, -0.2) is 0 Å². The fourth-order valence-electron chi connectivity index (χ4n) is 4.08. The Morgan fingerprint density at radius 1 is 1.14 bits per heavy atom. The summed E-state index contributed by atoms with van der Waals surface area (Å²) >= 11 is 0. The van der Waals surface area contributed by atoms with Crippen molar-refractivity contribution in [1.29, 1.82) is 0 Å². The second kappa shape index (κ2) is 7.98. The Morgan fingerprint density at radius 2 is 1.90 bits per heavy atom. The van der Waals surface area contributed by atoms with E-state index in [1.807, 2.05) is 0 Å². The molecule has 0 aliphatic heterocycles. The summed E-state index contributed by atoms with van der Waals surface area (Å²) in [7, 11) is 0. The van der Waals surface area contributed by atoms with Gasteiger partial charge in [-0.3, -0.25) is 0 Å². The van der Waals surface area contributed by atoms with Crippen LogP contribution >= 0.6 is 0 Å². The lowest BCUT2D eigenvalue weighted by Crippen LogP contribution is -2.35. The molecule has 1 saturated carbocycles. The molecular weight excluding hydrogens is 254 g/mol. The van der Waals surface area contributed by atoms with Gasteiger partial charge in [-0.1, -0.05) is 57.7 Å². The van der Waals surface area contributed by atoms with Crippen LogP contribution in [0.15, 0.2) is 18.2 Å². The number of hydrogen-bond donors (Lipinski definition) is 1. The normalized spacial score (nSPS) is 24.0. The van der Waals surface area contributed by atoms with E-state index < -0.39 is 0 Å². The zero-order chi connectivity index (χ0) is 15.2. The molecule has 3 unspecified atom stereocenters. The van der Waals surface area contributed by atoms with Crippen molar-refractivity contribution in [2.45, 2.75) is 72.3 Å². The zero-order valence-electron chi connectivity index (χ0n) is 14.4. The van der Waals surface area contributed by atoms with Gasteiger partial charge < -0.3 is 5.32 Å². The molecule has 118 valence electrons. The van der Waals surface area contributed by atoms with Gasteiger partial charge in [-0.05, 0) is 61.8 Å². The maximum atomic E-state index is 3.89. The van der Waals surface area contributed by atoms with Gasteiger partial charge in [0, 0.05) is 6.04 Å². The van der Waals surface area contributed by atoms with Crippen LogP contribution < -0.4 is 5.32 Å². The molecule has 1 aliphatic carbocycles. The monoisotopic (exact) mass is 287 g/mol. The smallest absolute Gasteiger partial charge is 0.0354 e. The first-order chi connectivity index (χ1) is 10.2. The minimum Gasteiger partial charge on any atom is -0.310 e. The molecule has 2 rings (SSSR count). The Labute approximate surface area is 131 Å². The van der Waals surface area contributed by atoms with E-state index in [1.54, 1.807) is 5.56 Å². The molecule has 0 aromatic heterocycles. The minimum absolute atomic E-state index is 0.551. The van der Waals surface area contributed by atoms with Crippen molar-refractivity contribution in [2.24, 2.45) is 11.8 Å². The molecule has 1 fully saturated rings. The molecule has 21 heavy (non-hydrogen) atoms. The van der Waals surface area contributed by atoms with Crippen LogP contribution in [0.4, 0.5) is 0 Å². The number of benzene rings is 1. The van der Waals surface area contributed by atoms with Gasteiger partial charge >= 0.3 is 0 Å². The van der Waals surface area contributed by atoms with Crippen LogP contribution in [0, 0.1) is 25.7 Å². The van der Waals surface area contributed by atoms with Gasteiger partial charge in [-0.15, -0.1) is 0 Å². The summed E-state index contributed by atoms with van der Waals surface area (Å²) in [6.07, 6.45) is 8.22. The zero-order valence-corrected chi connectivity index (χ0v) is 14.4. The van der Waals surface area contributed by atoms with E-state index in [2.05, 4.69) is 51.2 Å². The Hall–Kier alpha value is -0.820. The average Bonchev–Trinajstić information content (AvgIpc) is 2.52. The maximum Gasteiger partial charge on any atom is 0.0354 e. The lowest BCUT2D eigenvalue weighted by atomic mass is 9.71. The van der Waals surface area contributed by atoms with Crippen LogP contribution in [0.5, 0.6) is 0 Å². The highest BCUT2D eigenvalue weighted by Crippen LogP contribution is 2.41. The number of nitrogens with one attached hydrogen (secondary N) is 1. The third-order valence-corrected chi connectivity index (χ3v) is 5.52. The quantitative estimate of drug-likeness (QED) is 0.722. The Morgan fingerprint density at radius 3 is 2.62 bits per heavy atom. The molecule has 1 N–H and O–H groups in total. The van der Waals surface area contributed by atoms with Crippen molar-refractivity contribution >= 4 is 0 Å². The third kappa shape index (κ3) is 3.88. The lowest BCUT2D eigenvalue weighted by Gasteiger charge is -2.38. The summed E-state index contributed by atoms with van der Waals surface area (Å²) in [6.45, 7) is 10.3. The van der Waals surface area contributed by atoms with Crippen LogP contribution in [-0.4, -0.2) is 6.54 Å². The molecule has 1 aromatic rings. The highest BCUT2D eigenvalue weighted by atomic mass is 14.9. The molecule has 1 aromatic carbocycles. The van der Waals surface area contributed by atoms with Crippen molar-refractivity contribution in [2.75, 3.05) is 6.54 Å². The van der Waals surface area contributed by atoms with Gasteiger partial charge in [0.05, 0.1) is 0 Å². The van der Waals surface area contributed by atoms with E-state index in [0.717, 1.165) is 18.4 Å². The van der Waals surface area contributed by atoms with Crippen LogP contribution in [0.25, 0.3) is 0 Å². The van der Waals surface area contributed by atoms with Crippen LogP contribution in [0.3, 0.4) is 0 Å². The topological polar surface area (TPSA) is 12.0 Å². The highest BCUT2D eigenvalue weighted by molar-refractivity contribution is 5.36. The summed E-state index contributed by atoms with van der Waals surface area (Å²) in [6, 6.07) is 7.39. The first kappa shape index (κ1) is 16.5. The fraction of sp³-hybridized carbons (Fsp3) is 0.700. The first-order valence-corrected chi connectivity index (χ1v) is 8.98. The van der Waals surface area contributed by atoms with Crippen molar-refractivity contribution in [1.82, 2.24) is 5.32 Å². The summed E-state index contributed by atoms with van der Waals surface area (Å²) in [4.78, 5) is 0. The number of aryl methyl sites for hydroxylation is 1. The molecule has 0 saturated heterocycles. The standard InChI is InChI=1S/C20H33N/c1-5-14-21-20(18-13-9-10-15(3)16(18)4)19-12-8-7-11-17(19)6-2/h9-10,13,17,19-21H,5-8,11-12,14H2,1-4H3. The van der Waals surface area contributed by atoms with Gasteiger partial charge in [0.1, 0.15) is 0 Å². The SMILES string of the molecule is CCCNC(c1cccc(C)c1C)C1CCCCC1CC. The fourth-order valence-corrected chi connectivity index (χ4v) is 4.08.